The molecule has 0 amide bonds. The standard InChI is InChI=1S/CH2N2.HNO2.Y/c1-3-2;2-1-3;/h1H2;(H,2,3);/p-1. The molecule has 0 fully saturated rings. The largest absolute Gasteiger partial charge is 0.444 e. The van der Waals surface area contributed by atoms with Crippen LogP contribution in [0, 0.1) is 22.6 Å². The molecule has 0 aliphatic rings. The molecule has 6 heteroatoms. The van der Waals surface area contributed by atoms with E-state index < -0.39 is 0 Å². The number of rotatable bonds is 0. The van der Waals surface area contributed by atoms with Crippen LogP contribution < -0.4 is 0 Å². The second-order valence-electron chi connectivity index (χ2n) is 0.216. The van der Waals surface area contributed by atoms with Crippen LogP contribution in [-0.4, -0.2) is 0 Å². The van der Waals surface area contributed by atoms with Crippen molar-refractivity contribution in [3.8, 4) is 0 Å². The SMILES string of the molecule is O=N[O-].[CH2-][N+]#N.[Y]. The number of hydrogen-bond acceptors (Lipinski definition) is 4. The molecule has 0 saturated carbocycles. The fourth-order valence-corrected chi connectivity index (χ4v) is 0. The van der Waals surface area contributed by atoms with Crippen LogP contribution in [0.2, 0.25) is 0 Å². The quantitative estimate of drug-likeness (QED) is 0.238. The predicted octanol–water partition coefficient (Wildman–Crippen LogP) is 0.879. The van der Waals surface area contributed by atoms with Crippen molar-refractivity contribution in [3.63, 3.8) is 0 Å². The van der Waals surface area contributed by atoms with Gasteiger partial charge < -0.3 is 10.1 Å². The molecule has 0 spiro atoms. The zero-order chi connectivity index (χ0) is 5.41. The molecule has 0 aromatic heterocycles. The van der Waals surface area contributed by atoms with Gasteiger partial charge in [-0.3, -0.25) is 0 Å². The van der Waals surface area contributed by atoms with Gasteiger partial charge in [-0.1, -0.05) is 0 Å². The third-order valence-corrected chi connectivity index (χ3v) is 0. The van der Waals surface area contributed by atoms with E-state index in [1.54, 1.807) is 0 Å². The van der Waals surface area contributed by atoms with Gasteiger partial charge in [0.05, 0.1) is 0 Å². The van der Waals surface area contributed by atoms with Crippen molar-refractivity contribution in [2.24, 2.45) is 5.34 Å². The molecule has 0 unspecified atom stereocenters. The summed E-state index contributed by atoms with van der Waals surface area (Å²) in [4.78, 5) is 10.2. The van der Waals surface area contributed by atoms with E-state index in [1.807, 2.05) is 0 Å². The maximum Gasteiger partial charge on any atom is 0.181 e. The maximum atomic E-state index is 8.00. The minimum atomic E-state index is 0. The van der Waals surface area contributed by atoms with E-state index in [-0.39, 0.29) is 32.7 Å². The fraction of sp³-hybridized carbons (Fsp3) is 0. The minimum Gasteiger partial charge on any atom is -0.444 e. The molecule has 0 atom stereocenters. The third-order valence-electron chi connectivity index (χ3n) is 0. The van der Waals surface area contributed by atoms with Crippen molar-refractivity contribution >= 4 is 0 Å². The summed E-state index contributed by atoms with van der Waals surface area (Å²) in [7, 11) is 2.67. The van der Waals surface area contributed by atoms with Crippen LogP contribution in [0.25, 0.3) is 4.98 Å². The molecule has 0 heterocycles. The molecule has 0 aliphatic heterocycles. The van der Waals surface area contributed by atoms with Gasteiger partial charge in [0.15, 0.2) is 5.39 Å². The molecular formula is CH2N3O2Y-. The summed E-state index contributed by atoms with van der Waals surface area (Å²) in [6.07, 6.45) is 0. The van der Waals surface area contributed by atoms with E-state index in [9.17, 15) is 0 Å². The van der Waals surface area contributed by atoms with E-state index in [2.05, 4.69) is 12.0 Å². The summed E-state index contributed by atoms with van der Waals surface area (Å²) in [6.45, 7) is 0. The van der Waals surface area contributed by atoms with E-state index in [1.165, 1.54) is 0 Å². The van der Waals surface area contributed by atoms with Crippen LogP contribution in [0.5, 0.6) is 0 Å². The van der Waals surface area contributed by atoms with Crippen LogP contribution in [0.3, 0.4) is 0 Å². The van der Waals surface area contributed by atoms with Gasteiger partial charge in [0.25, 0.3) is 0 Å². The Morgan fingerprint density at radius 1 is 1.86 bits per heavy atom. The van der Waals surface area contributed by atoms with Crippen LogP contribution in [-0.2, 0) is 32.7 Å². The van der Waals surface area contributed by atoms with Gasteiger partial charge in [-0.05, 0) is 4.98 Å². The number of hydrogen-bond donors (Lipinski definition) is 0. The average Bonchev–Trinajstić information content (AvgIpc) is 1.39. The summed E-state index contributed by atoms with van der Waals surface area (Å²) in [5.41, 5.74) is 0. The van der Waals surface area contributed by atoms with Crippen molar-refractivity contribution in [2.45, 2.75) is 0 Å². The molecule has 0 rings (SSSR count). The second kappa shape index (κ2) is 41.4. The molecule has 5 nitrogen and oxygen atoms in total. The Morgan fingerprint density at radius 2 is 1.86 bits per heavy atom. The van der Waals surface area contributed by atoms with Crippen LogP contribution in [0.1, 0.15) is 0 Å². The molecule has 0 aliphatic carbocycles. The summed E-state index contributed by atoms with van der Waals surface area (Å²) in [5, 5.41) is 16.1. The smallest absolute Gasteiger partial charge is 0.181 e. The van der Waals surface area contributed by atoms with Crippen molar-refractivity contribution in [1.29, 1.82) is 5.39 Å². The van der Waals surface area contributed by atoms with Gasteiger partial charge >= 0.3 is 0 Å². The second-order valence-corrected chi connectivity index (χ2v) is 0.216. The summed E-state index contributed by atoms with van der Waals surface area (Å²) in [6, 6.07) is 0. The van der Waals surface area contributed by atoms with E-state index in [0.717, 1.165) is 5.34 Å². The zero-order valence-electron chi connectivity index (χ0n) is 3.44. The maximum absolute atomic E-state index is 8.00. The Hall–Kier alpha value is -0.206. The predicted molar refractivity (Wildman–Crippen MR) is 19.6 cm³/mol. The molecule has 0 aromatic rings. The van der Waals surface area contributed by atoms with Crippen molar-refractivity contribution in [1.82, 2.24) is 0 Å². The summed E-state index contributed by atoms with van der Waals surface area (Å²) in [5.74, 6) is 0. The van der Waals surface area contributed by atoms with E-state index in [4.69, 9.17) is 15.5 Å². The van der Waals surface area contributed by atoms with Crippen molar-refractivity contribution in [2.75, 3.05) is 0 Å². The van der Waals surface area contributed by atoms with Crippen molar-refractivity contribution < 1.29 is 32.7 Å². The summed E-state index contributed by atoms with van der Waals surface area (Å²) < 4.78 is 0. The number of nitrogens with zero attached hydrogens (tertiary/aromatic N) is 3. The van der Waals surface area contributed by atoms with Gasteiger partial charge in [-0.25, -0.2) is 0 Å². The molecule has 0 aromatic carbocycles. The molecule has 37 valence electrons. The van der Waals surface area contributed by atoms with Gasteiger partial charge in [-0.2, -0.15) is 0 Å². The van der Waals surface area contributed by atoms with E-state index >= 15 is 0 Å². The van der Waals surface area contributed by atoms with Crippen LogP contribution in [0.4, 0.5) is 0 Å². The Morgan fingerprint density at radius 3 is 1.86 bits per heavy atom. The third kappa shape index (κ3) is 1960. The zero-order valence-corrected chi connectivity index (χ0v) is 6.28. The Balaban J connectivity index is -0.0000000400. The molecule has 1 radical (unpaired) electrons. The van der Waals surface area contributed by atoms with Gasteiger partial charge in [0.1, 0.15) is 0 Å². The van der Waals surface area contributed by atoms with Crippen molar-refractivity contribution in [3.05, 3.63) is 22.1 Å². The normalized spacial score (nSPS) is 2.71. The van der Waals surface area contributed by atoms with Gasteiger partial charge in [-0.15, -0.1) is 5.34 Å². The number of diazo groups is 1. The Labute approximate surface area is 65.5 Å². The Bertz CT molecular complexity index is 58.4. The van der Waals surface area contributed by atoms with Gasteiger partial charge in [0.2, 0.25) is 0 Å². The minimum absolute atomic E-state index is 0. The monoisotopic (exact) mass is 177 g/mol. The average molecular weight is 177 g/mol. The van der Waals surface area contributed by atoms with E-state index in [0.29, 0.717) is 0 Å². The first-order valence-corrected chi connectivity index (χ1v) is 0.881. The topological polar surface area (TPSA) is 80.6 Å². The first-order chi connectivity index (χ1) is 2.83. The molecule has 7 heavy (non-hydrogen) atoms. The molecule has 0 saturated heterocycles. The molecule has 0 N–H and O–H groups in total. The van der Waals surface area contributed by atoms with Crippen LogP contribution in [0.15, 0.2) is 5.34 Å². The fourth-order valence-electron chi connectivity index (χ4n) is 0. The molecule has 0 bridgehead atoms. The Kier molecular flexibility index (Phi) is 93.7. The molecular weight excluding hydrogens is 175 g/mol. The first kappa shape index (κ1) is 15.8. The van der Waals surface area contributed by atoms with Gasteiger partial charge in [0, 0.05) is 39.8 Å². The van der Waals surface area contributed by atoms with Crippen LogP contribution >= 0.6 is 0 Å². The first-order valence-electron chi connectivity index (χ1n) is 0.881. The summed E-state index contributed by atoms with van der Waals surface area (Å²) >= 11 is 0.